The summed E-state index contributed by atoms with van der Waals surface area (Å²) in [6.45, 7) is 6.34. The van der Waals surface area contributed by atoms with Gasteiger partial charge in [0.25, 0.3) is 0 Å². The van der Waals surface area contributed by atoms with E-state index in [1.165, 1.54) is 18.4 Å². The minimum Gasteiger partial charge on any atom is -0.465 e. The molecule has 1 amide bonds. The van der Waals surface area contributed by atoms with Gasteiger partial charge >= 0.3 is 5.97 Å². The molecule has 1 saturated heterocycles. The number of nitrogens with one attached hydrogen (secondary N) is 2. The quantitative estimate of drug-likeness (QED) is 0.618. The molecule has 1 aromatic heterocycles. The highest BCUT2D eigenvalue weighted by atomic mass is 35.5. The fraction of sp³-hybridized carbons (Fsp3) is 0.455. The number of piperidine rings is 1. The molecule has 1 fully saturated rings. The molecule has 2 aromatic rings. The molecule has 2 heterocycles. The maximum absolute atomic E-state index is 12.7. The summed E-state index contributed by atoms with van der Waals surface area (Å²) in [5.41, 5.74) is 1.73. The number of hydrogen-bond acceptors (Lipinski definition) is 6. The van der Waals surface area contributed by atoms with Crippen molar-refractivity contribution < 1.29 is 14.3 Å². The number of anilines is 1. The van der Waals surface area contributed by atoms with Crippen LogP contribution in [0, 0.1) is 0 Å². The van der Waals surface area contributed by atoms with E-state index in [4.69, 9.17) is 16.3 Å². The number of esters is 1. The van der Waals surface area contributed by atoms with Crippen LogP contribution in [-0.2, 0) is 9.53 Å². The number of amides is 1. The number of thiophene rings is 1. The largest absolute Gasteiger partial charge is 0.465 e. The van der Waals surface area contributed by atoms with Gasteiger partial charge in [0.15, 0.2) is 0 Å². The number of methoxy groups -OCH3 is 1. The molecule has 3 rings (SSSR count). The molecule has 0 aliphatic carbocycles. The van der Waals surface area contributed by atoms with E-state index < -0.39 is 5.97 Å². The summed E-state index contributed by atoms with van der Waals surface area (Å²) in [4.78, 5) is 27.3. The Balaban J connectivity index is 1.69. The molecule has 6 nitrogen and oxygen atoms in total. The molecule has 0 radical (unpaired) electrons. The van der Waals surface area contributed by atoms with Crippen molar-refractivity contribution in [2.24, 2.45) is 0 Å². The van der Waals surface area contributed by atoms with Crippen LogP contribution in [0.3, 0.4) is 0 Å². The summed E-state index contributed by atoms with van der Waals surface area (Å²) < 4.78 is 4.97. The van der Waals surface area contributed by atoms with Crippen molar-refractivity contribution in [3.8, 4) is 11.1 Å². The van der Waals surface area contributed by atoms with Crippen molar-refractivity contribution in [1.82, 2.24) is 10.2 Å². The summed E-state index contributed by atoms with van der Waals surface area (Å²) in [6, 6.07) is 8.27. The third-order valence-corrected chi connectivity index (χ3v) is 6.35. The molecule has 0 spiro atoms. The lowest BCUT2D eigenvalue weighted by Gasteiger charge is -2.32. The average Bonchev–Trinajstić information content (AvgIpc) is 3.12. The first-order valence-corrected chi connectivity index (χ1v) is 11.4. The van der Waals surface area contributed by atoms with Crippen LogP contribution in [0.15, 0.2) is 29.6 Å². The predicted molar refractivity (Wildman–Crippen MR) is 122 cm³/mol. The molecule has 0 unspecified atom stereocenters. The molecular formula is C22H28ClN3O3S. The van der Waals surface area contributed by atoms with Crippen molar-refractivity contribution in [2.45, 2.75) is 38.8 Å². The Morgan fingerprint density at radius 3 is 2.57 bits per heavy atom. The third kappa shape index (κ3) is 5.60. The van der Waals surface area contributed by atoms with E-state index in [2.05, 4.69) is 29.4 Å². The number of benzene rings is 1. The van der Waals surface area contributed by atoms with Gasteiger partial charge in [-0.05, 0) is 18.9 Å². The summed E-state index contributed by atoms with van der Waals surface area (Å²) >= 11 is 7.62. The van der Waals surface area contributed by atoms with Crippen molar-refractivity contribution >= 4 is 39.8 Å². The zero-order valence-corrected chi connectivity index (χ0v) is 19.1. The summed E-state index contributed by atoms with van der Waals surface area (Å²) in [5, 5.41) is 9.31. The molecule has 1 aliphatic heterocycles. The first-order valence-electron chi connectivity index (χ1n) is 10.1. The number of halogens is 1. The van der Waals surface area contributed by atoms with Gasteiger partial charge in [-0.3, -0.25) is 9.69 Å². The standard InChI is InChI=1S/C22H28ClN3O3S/c1-14(2)24-15-8-10-26(11-9-15)12-19(27)25-21-20(22(28)29-3)17(13-30-21)16-6-4-5-7-18(16)23/h4-7,13-15,24H,8-12H2,1-3H3,(H,25,27). The van der Waals surface area contributed by atoms with E-state index in [0.717, 1.165) is 31.5 Å². The van der Waals surface area contributed by atoms with Crippen LogP contribution in [0.5, 0.6) is 0 Å². The second-order valence-corrected chi connectivity index (χ2v) is 9.03. The molecule has 0 atom stereocenters. The monoisotopic (exact) mass is 449 g/mol. The van der Waals surface area contributed by atoms with Gasteiger partial charge in [-0.1, -0.05) is 43.6 Å². The highest BCUT2D eigenvalue weighted by Gasteiger charge is 2.25. The lowest BCUT2D eigenvalue weighted by Crippen LogP contribution is -2.46. The zero-order chi connectivity index (χ0) is 21.7. The van der Waals surface area contributed by atoms with Crippen LogP contribution in [-0.4, -0.2) is 55.6 Å². The van der Waals surface area contributed by atoms with Gasteiger partial charge in [0, 0.05) is 46.7 Å². The number of nitrogens with zero attached hydrogens (tertiary/aromatic N) is 1. The number of carbonyl (C=O) groups is 2. The Kier molecular flexibility index (Phi) is 7.88. The first-order chi connectivity index (χ1) is 14.4. The Labute approximate surface area is 186 Å². The SMILES string of the molecule is COC(=O)c1c(-c2ccccc2Cl)csc1NC(=O)CN1CCC(NC(C)C)CC1. The van der Waals surface area contributed by atoms with Crippen LogP contribution in [0.1, 0.15) is 37.0 Å². The minimum absolute atomic E-state index is 0.136. The lowest BCUT2D eigenvalue weighted by molar-refractivity contribution is -0.117. The predicted octanol–water partition coefficient (Wildman–Crippen LogP) is 4.26. The van der Waals surface area contributed by atoms with Crippen LogP contribution in [0.2, 0.25) is 5.02 Å². The summed E-state index contributed by atoms with van der Waals surface area (Å²) in [7, 11) is 1.33. The maximum Gasteiger partial charge on any atom is 0.341 e. The number of ether oxygens (including phenoxy) is 1. The van der Waals surface area contributed by atoms with E-state index >= 15 is 0 Å². The molecule has 30 heavy (non-hydrogen) atoms. The van der Waals surface area contributed by atoms with Gasteiger partial charge in [-0.15, -0.1) is 11.3 Å². The topological polar surface area (TPSA) is 70.7 Å². The van der Waals surface area contributed by atoms with E-state index in [1.54, 1.807) is 6.07 Å². The average molecular weight is 450 g/mol. The first kappa shape index (κ1) is 22.7. The number of likely N-dealkylation sites (tertiary alicyclic amines) is 1. The number of carbonyl (C=O) groups excluding carboxylic acids is 2. The highest BCUT2D eigenvalue weighted by molar-refractivity contribution is 7.15. The normalized spacial score (nSPS) is 15.4. The molecule has 1 aliphatic rings. The van der Waals surface area contributed by atoms with Gasteiger partial charge in [-0.25, -0.2) is 4.79 Å². The second kappa shape index (κ2) is 10.4. The molecule has 8 heteroatoms. The van der Waals surface area contributed by atoms with Crippen LogP contribution < -0.4 is 10.6 Å². The highest BCUT2D eigenvalue weighted by Crippen LogP contribution is 2.39. The minimum atomic E-state index is -0.498. The van der Waals surface area contributed by atoms with E-state index in [0.29, 0.717) is 39.8 Å². The lowest BCUT2D eigenvalue weighted by atomic mass is 10.0. The molecule has 162 valence electrons. The van der Waals surface area contributed by atoms with Crippen LogP contribution in [0.4, 0.5) is 5.00 Å². The van der Waals surface area contributed by atoms with Crippen molar-refractivity contribution in [3.63, 3.8) is 0 Å². The van der Waals surface area contributed by atoms with Gasteiger partial charge in [0.05, 0.1) is 13.7 Å². The van der Waals surface area contributed by atoms with E-state index in [1.807, 2.05) is 23.6 Å². The van der Waals surface area contributed by atoms with Gasteiger partial charge in [0.2, 0.25) is 5.91 Å². The van der Waals surface area contributed by atoms with Gasteiger partial charge in [0.1, 0.15) is 10.6 Å². The summed E-state index contributed by atoms with van der Waals surface area (Å²) in [6.07, 6.45) is 2.04. The van der Waals surface area contributed by atoms with E-state index in [9.17, 15) is 9.59 Å². The zero-order valence-electron chi connectivity index (χ0n) is 17.5. The molecular weight excluding hydrogens is 422 g/mol. The Bertz CT molecular complexity index is 892. The molecule has 0 saturated carbocycles. The van der Waals surface area contributed by atoms with Crippen LogP contribution >= 0.6 is 22.9 Å². The summed E-state index contributed by atoms with van der Waals surface area (Å²) in [5.74, 6) is -0.634. The van der Waals surface area contributed by atoms with Crippen molar-refractivity contribution in [2.75, 3.05) is 32.1 Å². The number of rotatable bonds is 7. The third-order valence-electron chi connectivity index (χ3n) is 5.12. The fourth-order valence-electron chi connectivity index (χ4n) is 3.73. The van der Waals surface area contributed by atoms with Crippen LogP contribution in [0.25, 0.3) is 11.1 Å². The molecule has 0 bridgehead atoms. The van der Waals surface area contributed by atoms with Crippen molar-refractivity contribution in [3.05, 3.63) is 40.2 Å². The van der Waals surface area contributed by atoms with Gasteiger partial charge in [-0.2, -0.15) is 0 Å². The maximum atomic E-state index is 12.7. The van der Waals surface area contributed by atoms with Gasteiger partial charge < -0.3 is 15.4 Å². The van der Waals surface area contributed by atoms with E-state index in [-0.39, 0.29) is 5.91 Å². The number of hydrogen-bond donors (Lipinski definition) is 2. The molecule has 2 N–H and O–H groups in total. The van der Waals surface area contributed by atoms with Crippen molar-refractivity contribution in [1.29, 1.82) is 0 Å². The molecule has 1 aromatic carbocycles. The second-order valence-electron chi connectivity index (χ2n) is 7.74. The fourth-order valence-corrected chi connectivity index (χ4v) is 4.93. The Hall–Kier alpha value is -1.93. The Morgan fingerprint density at radius 1 is 1.23 bits per heavy atom. The Morgan fingerprint density at radius 2 is 1.93 bits per heavy atom. The smallest absolute Gasteiger partial charge is 0.341 e.